The Balaban J connectivity index is 2.22. The van der Waals surface area contributed by atoms with Crippen LogP contribution in [0.3, 0.4) is 0 Å². The molecule has 0 saturated carbocycles. The van der Waals surface area contributed by atoms with Crippen molar-refractivity contribution in [3.63, 3.8) is 0 Å². The van der Waals surface area contributed by atoms with Crippen molar-refractivity contribution in [1.29, 1.82) is 0 Å². The first-order valence-corrected chi connectivity index (χ1v) is 9.92. The molecule has 1 aromatic carbocycles. The molecule has 0 aromatic heterocycles. The highest BCUT2D eigenvalue weighted by Gasteiger charge is 2.17. The maximum absolute atomic E-state index is 12.2. The second kappa shape index (κ2) is 9.99. The number of hydrogen-bond acceptors (Lipinski definition) is 3. The second-order valence-corrected chi connectivity index (χ2v) is 8.18. The van der Waals surface area contributed by atoms with Gasteiger partial charge in [0.15, 0.2) is 0 Å². The Hall–Kier alpha value is -0.890. The molecule has 22 heavy (non-hydrogen) atoms. The lowest BCUT2D eigenvalue weighted by molar-refractivity contribution is 0.192. The van der Waals surface area contributed by atoms with Gasteiger partial charge in [-0.3, -0.25) is 4.57 Å². The quantitative estimate of drug-likeness (QED) is 0.402. The molecule has 0 radical (unpaired) electrons. The molecule has 3 nitrogen and oxygen atoms in total. The third-order valence-corrected chi connectivity index (χ3v) is 4.71. The van der Waals surface area contributed by atoms with E-state index in [1.165, 1.54) is 5.57 Å². The molecular formula is C18H29O3P. The lowest BCUT2D eigenvalue weighted by atomic mass is 10.0. The Morgan fingerprint density at radius 1 is 1.18 bits per heavy atom. The van der Waals surface area contributed by atoms with Crippen LogP contribution in [0.15, 0.2) is 42.0 Å². The third kappa shape index (κ3) is 9.19. The van der Waals surface area contributed by atoms with E-state index in [2.05, 4.69) is 26.8 Å². The van der Waals surface area contributed by atoms with E-state index in [1.54, 1.807) is 6.66 Å². The van der Waals surface area contributed by atoms with Gasteiger partial charge in [-0.05, 0) is 44.6 Å². The average molecular weight is 324 g/mol. The molecule has 0 spiro atoms. The van der Waals surface area contributed by atoms with Crippen LogP contribution in [0.1, 0.15) is 45.6 Å². The van der Waals surface area contributed by atoms with Gasteiger partial charge in [-0.1, -0.05) is 48.9 Å². The highest BCUT2D eigenvalue weighted by molar-refractivity contribution is 7.52. The van der Waals surface area contributed by atoms with Crippen LogP contribution in [0, 0.1) is 5.92 Å². The van der Waals surface area contributed by atoms with Gasteiger partial charge < -0.3 is 9.05 Å². The van der Waals surface area contributed by atoms with Crippen LogP contribution in [0.2, 0.25) is 0 Å². The molecule has 0 aliphatic heterocycles. The lowest BCUT2D eigenvalue weighted by Crippen LogP contribution is -2.02. The van der Waals surface area contributed by atoms with E-state index >= 15 is 0 Å². The van der Waals surface area contributed by atoms with Gasteiger partial charge in [0.05, 0.1) is 13.2 Å². The molecule has 0 bridgehead atoms. The van der Waals surface area contributed by atoms with Gasteiger partial charge in [0.2, 0.25) is 0 Å². The van der Waals surface area contributed by atoms with Gasteiger partial charge >= 0.3 is 7.60 Å². The first kappa shape index (κ1) is 19.2. The van der Waals surface area contributed by atoms with E-state index in [1.807, 2.05) is 30.3 Å². The average Bonchev–Trinajstić information content (AvgIpc) is 2.46. The Kier molecular flexibility index (Phi) is 8.70. The van der Waals surface area contributed by atoms with Crippen molar-refractivity contribution < 1.29 is 13.6 Å². The predicted octanol–water partition coefficient (Wildman–Crippen LogP) is 5.82. The number of allylic oxidation sites excluding steroid dienone is 2. The monoisotopic (exact) mass is 324 g/mol. The molecule has 0 N–H and O–H groups in total. The Labute approximate surface area is 135 Å². The first-order chi connectivity index (χ1) is 10.4. The zero-order valence-corrected chi connectivity index (χ0v) is 15.1. The number of benzene rings is 1. The minimum atomic E-state index is -2.97. The number of hydrogen-bond donors (Lipinski definition) is 0. The highest BCUT2D eigenvalue weighted by Crippen LogP contribution is 2.44. The largest absolute Gasteiger partial charge is 0.327 e. The molecule has 0 saturated heterocycles. The molecule has 2 atom stereocenters. The fourth-order valence-electron chi connectivity index (χ4n) is 2.02. The van der Waals surface area contributed by atoms with Crippen LogP contribution in [0.4, 0.5) is 0 Å². The first-order valence-electron chi connectivity index (χ1n) is 7.93. The molecule has 0 fully saturated rings. The second-order valence-electron chi connectivity index (χ2n) is 6.12. The molecule has 4 heteroatoms. The van der Waals surface area contributed by atoms with Crippen LogP contribution in [0.5, 0.6) is 0 Å². The van der Waals surface area contributed by atoms with Crippen molar-refractivity contribution in [3.8, 4) is 0 Å². The van der Waals surface area contributed by atoms with E-state index in [0.29, 0.717) is 19.1 Å². The third-order valence-electron chi connectivity index (χ3n) is 3.46. The van der Waals surface area contributed by atoms with Gasteiger partial charge in [0.25, 0.3) is 0 Å². The van der Waals surface area contributed by atoms with Gasteiger partial charge in [-0.2, -0.15) is 0 Å². The van der Waals surface area contributed by atoms with Crippen LogP contribution in [-0.4, -0.2) is 13.3 Å². The summed E-state index contributed by atoms with van der Waals surface area (Å²) in [5.41, 5.74) is 2.36. The predicted molar refractivity (Wildman–Crippen MR) is 93.2 cm³/mol. The van der Waals surface area contributed by atoms with Crippen molar-refractivity contribution in [2.45, 2.75) is 46.6 Å². The van der Waals surface area contributed by atoms with Crippen molar-refractivity contribution in [2.24, 2.45) is 5.92 Å². The van der Waals surface area contributed by atoms with Crippen molar-refractivity contribution in [1.82, 2.24) is 0 Å². The van der Waals surface area contributed by atoms with E-state index < -0.39 is 7.60 Å². The van der Waals surface area contributed by atoms with Crippen molar-refractivity contribution >= 4 is 7.60 Å². The van der Waals surface area contributed by atoms with Gasteiger partial charge in [-0.25, -0.2) is 0 Å². The summed E-state index contributed by atoms with van der Waals surface area (Å²) in [5, 5.41) is 0. The standard InChI is InChI=1S/C18H29O3P/c1-16(2)9-8-10-17(3)13-14-20-22(4,19)21-15-18-11-6-5-7-12-18/h5-7,9,11-12,17H,8,10,13-15H2,1-4H3/t17-,22?/m1/s1. The Bertz CT molecular complexity index is 492. The summed E-state index contributed by atoms with van der Waals surface area (Å²) in [6, 6.07) is 9.72. The van der Waals surface area contributed by atoms with Crippen molar-refractivity contribution in [3.05, 3.63) is 47.5 Å². The van der Waals surface area contributed by atoms with Crippen LogP contribution >= 0.6 is 7.60 Å². The minimum absolute atomic E-state index is 0.324. The van der Waals surface area contributed by atoms with Gasteiger partial charge in [0, 0.05) is 6.66 Å². The van der Waals surface area contributed by atoms with Gasteiger partial charge in [-0.15, -0.1) is 0 Å². The van der Waals surface area contributed by atoms with Gasteiger partial charge in [0.1, 0.15) is 0 Å². The fraction of sp³-hybridized carbons (Fsp3) is 0.556. The highest BCUT2D eigenvalue weighted by atomic mass is 31.2. The topological polar surface area (TPSA) is 35.5 Å². The summed E-state index contributed by atoms with van der Waals surface area (Å²) in [7, 11) is -2.97. The summed E-state index contributed by atoms with van der Waals surface area (Å²) in [6.45, 7) is 8.79. The summed E-state index contributed by atoms with van der Waals surface area (Å²) >= 11 is 0. The maximum Gasteiger partial charge on any atom is 0.327 e. The molecule has 0 heterocycles. The molecule has 1 unspecified atom stereocenters. The van der Waals surface area contributed by atoms with Crippen LogP contribution < -0.4 is 0 Å². The van der Waals surface area contributed by atoms with Crippen molar-refractivity contribution in [2.75, 3.05) is 13.3 Å². The van der Waals surface area contributed by atoms with E-state index in [0.717, 1.165) is 24.8 Å². The zero-order valence-electron chi connectivity index (χ0n) is 14.2. The van der Waals surface area contributed by atoms with Crippen LogP contribution in [-0.2, 0) is 20.2 Å². The SMILES string of the molecule is CC(C)=CCC[C@@H](C)CCOP(C)(=O)OCc1ccccc1. The number of rotatable bonds is 10. The summed E-state index contributed by atoms with van der Waals surface area (Å²) in [5.74, 6) is 0.560. The molecule has 1 rings (SSSR count). The summed E-state index contributed by atoms with van der Waals surface area (Å²) < 4.78 is 23.1. The normalized spacial score (nSPS) is 15.1. The molecule has 0 aliphatic carbocycles. The van der Waals surface area contributed by atoms with E-state index in [9.17, 15) is 4.57 Å². The van der Waals surface area contributed by atoms with E-state index in [4.69, 9.17) is 9.05 Å². The summed E-state index contributed by atoms with van der Waals surface area (Å²) in [6.07, 6.45) is 5.39. The zero-order chi connectivity index (χ0) is 16.4. The van der Waals surface area contributed by atoms with Crippen LogP contribution in [0.25, 0.3) is 0 Å². The maximum atomic E-state index is 12.2. The smallest absolute Gasteiger partial charge is 0.309 e. The molecule has 0 amide bonds. The Morgan fingerprint density at radius 3 is 2.50 bits per heavy atom. The Morgan fingerprint density at radius 2 is 1.86 bits per heavy atom. The molecular weight excluding hydrogens is 295 g/mol. The minimum Gasteiger partial charge on any atom is -0.309 e. The fourth-order valence-corrected chi connectivity index (χ4v) is 2.92. The molecule has 1 aromatic rings. The lowest BCUT2D eigenvalue weighted by Gasteiger charge is -2.16. The summed E-state index contributed by atoms with van der Waals surface area (Å²) in [4.78, 5) is 0. The van der Waals surface area contributed by atoms with E-state index in [-0.39, 0.29) is 0 Å². The molecule has 124 valence electrons. The molecule has 0 aliphatic rings.